The largest absolute Gasteiger partial charge is 0.425 e. The molecule has 0 spiro atoms. The van der Waals surface area contributed by atoms with Crippen molar-refractivity contribution in [3.63, 3.8) is 0 Å². The van der Waals surface area contributed by atoms with Gasteiger partial charge in [0.15, 0.2) is 0 Å². The van der Waals surface area contributed by atoms with Gasteiger partial charge in [0.25, 0.3) is 5.09 Å². The predicted molar refractivity (Wildman–Crippen MR) is 49.1 cm³/mol. The molecule has 0 rings (SSSR count). The van der Waals surface area contributed by atoms with Gasteiger partial charge in [0.2, 0.25) is 0 Å². The number of rotatable bonds is 3. The van der Waals surface area contributed by atoms with Gasteiger partial charge < -0.3 is 23.7 Å². The molecule has 0 atom stereocenters. The Labute approximate surface area is 95.0 Å². The molecule has 0 aliphatic carbocycles. The van der Waals surface area contributed by atoms with Crippen LogP contribution in [0.3, 0.4) is 0 Å². The van der Waals surface area contributed by atoms with Crippen molar-refractivity contribution in [1.29, 1.82) is 0 Å². The predicted octanol–water partition coefficient (Wildman–Crippen LogP) is -1.32. The third kappa shape index (κ3) is 71.9. The minimum atomic E-state index is -5.02. The van der Waals surface area contributed by atoms with Gasteiger partial charge in [0.05, 0.1) is 0 Å². The molecule has 0 heterocycles. The van der Waals surface area contributed by atoms with E-state index in [0.29, 0.717) is 0 Å². The molecule has 0 aliphatic heterocycles. The minimum Gasteiger partial charge on any atom is -0.344 e. The Kier molecular flexibility index (Phi) is 19.7. The molecule has 0 amide bonds. The first-order valence-corrected chi connectivity index (χ1v) is 4.83. The van der Waals surface area contributed by atoms with Crippen LogP contribution < -0.4 is 18.5 Å². The van der Waals surface area contributed by atoms with Gasteiger partial charge in [-0.1, -0.05) is 8.67 Å². The number of hydrogen-bond donors (Lipinski definition) is 6. The van der Waals surface area contributed by atoms with E-state index in [4.69, 9.17) is 24.4 Å². The van der Waals surface area contributed by atoms with Crippen LogP contribution in [0.4, 0.5) is 0 Å². The van der Waals surface area contributed by atoms with Gasteiger partial charge in [-0.2, -0.15) is 16.8 Å². The molecule has 15 nitrogen and oxygen atoms in total. The van der Waals surface area contributed by atoms with Crippen LogP contribution >= 0.6 is 0 Å². The number of nitrogens with zero attached hydrogens (tertiary/aromatic N) is 1. The molecule has 0 aromatic carbocycles. The van der Waals surface area contributed by atoms with Crippen molar-refractivity contribution >= 4 is 20.8 Å². The zero-order valence-corrected chi connectivity index (χ0v) is 9.63. The standard InChI is InChI=1S/HNO3.3H3N.H2O8S2/c2-1(3)4;;;;1-9(2,3)7-8-10(4,5)6/h(H,2,3,4);3*1H3;(H,1,2,3)(H,4,5,6). The Bertz CT molecular complexity index is 328. The van der Waals surface area contributed by atoms with Gasteiger partial charge in [0, 0.05) is 0 Å². The molecular formula is H12N4O11S2. The van der Waals surface area contributed by atoms with Crippen molar-refractivity contribution in [3.05, 3.63) is 10.1 Å². The zero-order valence-electron chi connectivity index (χ0n) is 7.99. The first-order valence-electron chi connectivity index (χ1n) is 2.10. The highest BCUT2D eigenvalue weighted by Crippen LogP contribution is 1.92. The molecule has 0 fully saturated rings. The maximum Gasteiger partial charge on any atom is 0.425 e. The maximum absolute atomic E-state index is 9.51. The average Bonchev–Trinajstić information content (AvgIpc) is 1.79. The normalized spacial score (nSPS) is 9.29. The Hall–Kier alpha value is -1.18. The minimum absolute atomic E-state index is 0. The van der Waals surface area contributed by atoms with Crippen molar-refractivity contribution in [2.75, 3.05) is 0 Å². The molecule has 17 heavy (non-hydrogen) atoms. The second-order valence-electron chi connectivity index (χ2n) is 1.23. The van der Waals surface area contributed by atoms with Gasteiger partial charge in [-0.25, -0.2) is 0 Å². The van der Waals surface area contributed by atoms with Gasteiger partial charge in [-0.15, -0.1) is 10.1 Å². The lowest BCUT2D eigenvalue weighted by molar-refractivity contribution is -0.742. The first-order chi connectivity index (χ1) is 5.94. The van der Waals surface area contributed by atoms with E-state index in [1.807, 2.05) is 0 Å². The summed E-state index contributed by atoms with van der Waals surface area (Å²) < 4.78 is 58.9. The molecule has 0 aromatic rings. The molecule has 0 aliphatic rings. The second-order valence-corrected chi connectivity index (χ2v) is 3.21. The fourth-order valence-corrected chi connectivity index (χ4v) is 0.632. The van der Waals surface area contributed by atoms with Crippen LogP contribution in [0.15, 0.2) is 0 Å². The molecule has 0 radical (unpaired) electrons. The molecule has 110 valence electrons. The van der Waals surface area contributed by atoms with E-state index in [-0.39, 0.29) is 18.5 Å². The fourth-order valence-electron chi connectivity index (χ4n) is 0.0702. The van der Waals surface area contributed by atoms with Crippen LogP contribution in [0.5, 0.6) is 0 Å². The second kappa shape index (κ2) is 11.3. The lowest BCUT2D eigenvalue weighted by atomic mass is 13.1. The molecule has 0 saturated heterocycles. The van der Waals surface area contributed by atoms with Crippen molar-refractivity contribution in [2.45, 2.75) is 0 Å². The van der Waals surface area contributed by atoms with Gasteiger partial charge in [-0.05, 0) is 0 Å². The van der Waals surface area contributed by atoms with Crippen LogP contribution in [0.25, 0.3) is 0 Å². The third-order valence-corrected chi connectivity index (χ3v) is 0.766. The van der Waals surface area contributed by atoms with E-state index < -0.39 is 25.9 Å². The van der Waals surface area contributed by atoms with E-state index >= 15 is 0 Å². The summed E-state index contributed by atoms with van der Waals surface area (Å²) in [6, 6.07) is 0. The van der Waals surface area contributed by atoms with Crippen molar-refractivity contribution in [2.24, 2.45) is 0 Å². The summed E-state index contributed by atoms with van der Waals surface area (Å²) in [5, 5.41) is 13.6. The van der Waals surface area contributed by atoms with E-state index in [9.17, 15) is 16.8 Å². The van der Waals surface area contributed by atoms with Gasteiger partial charge in [0.1, 0.15) is 0 Å². The Morgan fingerprint density at radius 3 is 1.06 bits per heavy atom. The van der Waals surface area contributed by atoms with Gasteiger partial charge in [-0.3, -0.25) is 9.11 Å². The molecule has 17 heteroatoms. The quantitative estimate of drug-likeness (QED) is 0.152. The Balaban J connectivity index is -0.0000000607. The molecule has 0 aromatic heterocycles. The maximum atomic E-state index is 9.51. The summed E-state index contributed by atoms with van der Waals surface area (Å²) >= 11 is 0. The third-order valence-electron chi connectivity index (χ3n) is 0.200. The van der Waals surface area contributed by atoms with Crippen LogP contribution in [0.2, 0.25) is 0 Å². The highest BCUT2D eigenvalue weighted by atomic mass is 32.3. The van der Waals surface area contributed by atoms with E-state index in [1.165, 1.54) is 0 Å². The van der Waals surface area contributed by atoms with Gasteiger partial charge >= 0.3 is 20.8 Å². The average molecular weight is 308 g/mol. The molecule has 0 unspecified atom stereocenters. The Morgan fingerprint density at radius 2 is 1.00 bits per heavy atom. The van der Waals surface area contributed by atoms with Crippen molar-refractivity contribution < 1.29 is 44.9 Å². The van der Waals surface area contributed by atoms with Crippen LogP contribution in [-0.2, 0) is 29.5 Å². The van der Waals surface area contributed by atoms with Crippen molar-refractivity contribution in [3.8, 4) is 0 Å². The smallest absolute Gasteiger partial charge is 0.344 e. The SMILES string of the molecule is N.N.N.O=S(=O)(O)OOS(=O)(=O)O.O=[N+]([O-])O. The highest BCUT2D eigenvalue weighted by molar-refractivity contribution is 7.83. The molecule has 0 saturated carbocycles. The van der Waals surface area contributed by atoms with Crippen LogP contribution in [0.1, 0.15) is 0 Å². The summed E-state index contributed by atoms with van der Waals surface area (Å²) in [5.74, 6) is 0. The fraction of sp³-hybridized carbons (Fsp3) is 0. The summed E-state index contributed by atoms with van der Waals surface area (Å²) in [7, 11) is -10.0. The first kappa shape index (κ1) is 29.7. The lowest BCUT2D eigenvalue weighted by Crippen LogP contribution is -2.10. The van der Waals surface area contributed by atoms with E-state index in [0.717, 1.165) is 0 Å². The molecular weight excluding hydrogens is 296 g/mol. The van der Waals surface area contributed by atoms with E-state index in [1.54, 1.807) is 0 Å². The highest BCUT2D eigenvalue weighted by Gasteiger charge is 2.13. The monoisotopic (exact) mass is 308 g/mol. The van der Waals surface area contributed by atoms with Crippen LogP contribution in [0, 0.1) is 10.1 Å². The number of hydrogen-bond acceptors (Lipinski definition) is 11. The molecule has 0 bridgehead atoms. The van der Waals surface area contributed by atoms with Crippen LogP contribution in [-0.4, -0.2) is 36.2 Å². The summed E-state index contributed by atoms with van der Waals surface area (Å²) in [6.45, 7) is 0. The zero-order chi connectivity index (χ0) is 12.0. The summed E-state index contributed by atoms with van der Waals surface area (Å²) in [5.41, 5.74) is 0. The molecule has 12 N–H and O–H groups in total. The Morgan fingerprint density at radius 1 is 0.882 bits per heavy atom. The lowest BCUT2D eigenvalue weighted by Gasteiger charge is -1.92. The summed E-state index contributed by atoms with van der Waals surface area (Å²) in [4.78, 5) is 8.36. The topological polar surface area (TPSA) is 296 Å². The van der Waals surface area contributed by atoms with Crippen molar-refractivity contribution in [1.82, 2.24) is 18.5 Å². The summed E-state index contributed by atoms with van der Waals surface area (Å²) in [6.07, 6.45) is 0. The van der Waals surface area contributed by atoms with E-state index in [2.05, 4.69) is 8.67 Å².